The van der Waals surface area contributed by atoms with Gasteiger partial charge in [0.25, 0.3) is 5.56 Å². The molecule has 1 heterocycles. The van der Waals surface area contributed by atoms with Crippen LogP contribution in [-0.2, 0) is 16.1 Å². The van der Waals surface area contributed by atoms with E-state index >= 15 is 0 Å². The van der Waals surface area contributed by atoms with Gasteiger partial charge in [0.15, 0.2) is 0 Å². The number of carbonyl (C=O) groups is 2. The zero-order valence-electron chi connectivity index (χ0n) is 17.1. The molecule has 0 saturated heterocycles. The Balaban J connectivity index is 1.42. The summed E-state index contributed by atoms with van der Waals surface area (Å²) in [6.07, 6.45) is 3.49. The first-order valence-corrected chi connectivity index (χ1v) is 10.1. The second-order valence-electron chi connectivity index (χ2n) is 7.81. The van der Waals surface area contributed by atoms with Gasteiger partial charge < -0.3 is 10.6 Å². The average molecular weight is 404 g/mol. The maximum absolute atomic E-state index is 12.7. The fourth-order valence-electron chi connectivity index (χ4n) is 3.36. The number of nitrogens with one attached hydrogen (secondary N) is 2. The van der Waals surface area contributed by atoms with Gasteiger partial charge in [0, 0.05) is 30.3 Å². The van der Waals surface area contributed by atoms with Crippen LogP contribution in [0.2, 0.25) is 0 Å². The minimum absolute atomic E-state index is 0.0227. The normalized spacial score (nSPS) is 13.3. The number of rotatable bonds is 6. The molecule has 1 aromatic heterocycles. The highest BCUT2D eigenvalue weighted by atomic mass is 16.2. The van der Waals surface area contributed by atoms with Gasteiger partial charge in [-0.2, -0.15) is 0 Å². The first-order valence-electron chi connectivity index (χ1n) is 10.1. The van der Waals surface area contributed by atoms with Crippen LogP contribution >= 0.6 is 0 Å². The lowest BCUT2D eigenvalue weighted by molar-refractivity contribution is -0.117. The summed E-state index contributed by atoms with van der Waals surface area (Å²) in [5.41, 5.74) is 3.68. The first kappa shape index (κ1) is 19.8. The number of anilines is 2. The minimum Gasteiger partial charge on any atom is -0.326 e. The molecule has 0 aliphatic heterocycles. The summed E-state index contributed by atoms with van der Waals surface area (Å²) in [5, 5.41) is 6.32. The zero-order valence-corrected chi connectivity index (χ0v) is 17.1. The lowest BCUT2D eigenvalue weighted by Gasteiger charge is -2.12. The third-order valence-corrected chi connectivity index (χ3v) is 5.36. The number of aromatic nitrogens is 2. The van der Waals surface area contributed by atoms with E-state index in [9.17, 15) is 14.4 Å². The van der Waals surface area contributed by atoms with E-state index in [1.807, 2.05) is 38.1 Å². The minimum atomic E-state index is -0.208. The molecule has 0 spiro atoms. The topological polar surface area (TPSA) is 93.1 Å². The van der Waals surface area contributed by atoms with Crippen LogP contribution in [0.4, 0.5) is 11.4 Å². The highest BCUT2D eigenvalue weighted by molar-refractivity contribution is 5.96. The van der Waals surface area contributed by atoms with Crippen LogP contribution in [-0.4, -0.2) is 21.4 Å². The standard InChI is InChI=1S/C23H24N4O3/c1-14-6-9-17(25-22(29)16-7-8-16)12-19(14)26-20(28)10-11-27-13-24-21-15(2)4-3-5-18(21)23(27)30/h3-6,9,12-13,16H,7-8,10-11H2,1-2H3,(H,25,29)(H,26,28). The number of hydrogen-bond donors (Lipinski definition) is 2. The van der Waals surface area contributed by atoms with Crippen molar-refractivity contribution in [3.63, 3.8) is 0 Å². The molecular formula is C23H24N4O3. The Morgan fingerprint density at radius 3 is 2.67 bits per heavy atom. The lowest BCUT2D eigenvalue weighted by Crippen LogP contribution is -2.24. The van der Waals surface area contributed by atoms with E-state index < -0.39 is 0 Å². The van der Waals surface area contributed by atoms with Gasteiger partial charge in [0.1, 0.15) is 0 Å². The number of nitrogens with zero attached hydrogens (tertiary/aromatic N) is 2. The summed E-state index contributed by atoms with van der Waals surface area (Å²) in [4.78, 5) is 41.5. The SMILES string of the molecule is Cc1ccc(NC(=O)C2CC2)cc1NC(=O)CCn1cnc2c(C)cccc2c1=O. The number of aryl methyl sites for hydroxylation is 3. The van der Waals surface area contributed by atoms with Crippen LogP contribution in [0.25, 0.3) is 10.9 Å². The van der Waals surface area contributed by atoms with Gasteiger partial charge in [0.05, 0.1) is 17.2 Å². The van der Waals surface area contributed by atoms with Crippen LogP contribution in [0.3, 0.4) is 0 Å². The Kier molecular flexibility index (Phi) is 5.35. The van der Waals surface area contributed by atoms with Crippen molar-refractivity contribution in [1.29, 1.82) is 0 Å². The van der Waals surface area contributed by atoms with E-state index in [0.717, 1.165) is 24.0 Å². The molecular weight excluding hydrogens is 380 g/mol. The largest absolute Gasteiger partial charge is 0.326 e. The molecule has 1 fully saturated rings. The number of fused-ring (bicyclic) bond motifs is 1. The van der Waals surface area contributed by atoms with Crippen molar-refractivity contribution in [2.24, 2.45) is 5.92 Å². The zero-order chi connectivity index (χ0) is 21.3. The second-order valence-corrected chi connectivity index (χ2v) is 7.81. The number of para-hydroxylation sites is 1. The highest BCUT2D eigenvalue weighted by Crippen LogP contribution is 2.30. The Hall–Kier alpha value is -3.48. The first-order chi connectivity index (χ1) is 14.4. The Morgan fingerprint density at radius 1 is 1.10 bits per heavy atom. The van der Waals surface area contributed by atoms with Crippen molar-refractivity contribution in [2.45, 2.75) is 39.7 Å². The van der Waals surface area contributed by atoms with Crippen LogP contribution in [0.15, 0.2) is 47.5 Å². The molecule has 7 heteroatoms. The second kappa shape index (κ2) is 8.10. The van der Waals surface area contributed by atoms with E-state index in [1.54, 1.807) is 12.1 Å². The predicted octanol–water partition coefficient (Wildman–Crippen LogP) is 3.39. The van der Waals surface area contributed by atoms with Gasteiger partial charge in [-0.15, -0.1) is 0 Å². The summed E-state index contributed by atoms with van der Waals surface area (Å²) in [6.45, 7) is 4.04. The molecule has 154 valence electrons. The Labute approximate surface area is 174 Å². The maximum Gasteiger partial charge on any atom is 0.261 e. The molecule has 1 aliphatic carbocycles. The monoisotopic (exact) mass is 404 g/mol. The molecule has 2 amide bonds. The molecule has 4 rings (SSSR count). The van der Waals surface area contributed by atoms with Gasteiger partial charge in [-0.3, -0.25) is 19.0 Å². The maximum atomic E-state index is 12.7. The van der Waals surface area contributed by atoms with E-state index in [1.165, 1.54) is 10.9 Å². The molecule has 1 saturated carbocycles. The van der Waals surface area contributed by atoms with Gasteiger partial charge >= 0.3 is 0 Å². The van der Waals surface area contributed by atoms with E-state index in [4.69, 9.17) is 0 Å². The quantitative estimate of drug-likeness (QED) is 0.659. The number of carbonyl (C=O) groups excluding carboxylic acids is 2. The van der Waals surface area contributed by atoms with Crippen LogP contribution < -0.4 is 16.2 Å². The van der Waals surface area contributed by atoms with Crippen molar-refractivity contribution in [3.05, 3.63) is 64.2 Å². The van der Waals surface area contributed by atoms with Gasteiger partial charge in [-0.25, -0.2) is 4.98 Å². The summed E-state index contributed by atoms with van der Waals surface area (Å²) in [6, 6.07) is 10.9. The van der Waals surface area contributed by atoms with Crippen LogP contribution in [0.5, 0.6) is 0 Å². The van der Waals surface area contributed by atoms with E-state index in [0.29, 0.717) is 22.3 Å². The summed E-state index contributed by atoms with van der Waals surface area (Å²) in [5.74, 6) is -0.0726. The summed E-state index contributed by atoms with van der Waals surface area (Å²) < 4.78 is 1.46. The van der Waals surface area contributed by atoms with Crippen molar-refractivity contribution < 1.29 is 9.59 Å². The van der Waals surface area contributed by atoms with Crippen molar-refractivity contribution in [3.8, 4) is 0 Å². The number of amides is 2. The van der Waals surface area contributed by atoms with Gasteiger partial charge in [-0.05, 0) is 56.0 Å². The third-order valence-electron chi connectivity index (χ3n) is 5.36. The van der Waals surface area contributed by atoms with Crippen LogP contribution in [0, 0.1) is 19.8 Å². The molecule has 2 aromatic carbocycles. The third kappa shape index (κ3) is 4.25. The Bertz CT molecular complexity index is 1190. The summed E-state index contributed by atoms with van der Waals surface area (Å²) in [7, 11) is 0. The smallest absolute Gasteiger partial charge is 0.261 e. The summed E-state index contributed by atoms with van der Waals surface area (Å²) >= 11 is 0. The molecule has 0 radical (unpaired) electrons. The van der Waals surface area contributed by atoms with Crippen molar-refractivity contribution >= 4 is 34.1 Å². The number of hydrogen-bond acceptors (Lipinski definition) is 4. The molecule has 0 unspecified atom stereocenters. The molecule has 1 aliphatic rings. The fraction of sp³-hybridized carbons (Fsp3) is 0.304. The van der Waals surface area contributed by atoms with E-state index in [-0.39, 0.29) is 36.3 Å². The van der Waals surface area contributed by atoms with Crippen molar-refractivity contribution in [1.82, 2.24) is 9.55 Å². The average Bonchev–Trinajstić information content (AvgIpc) is 3.56. The molecule has 3 aromatic rings. The Morgan fingerprint density at radius 2 is 1.90 bits per heavy atom. The molecule has 2 N–H and O–H groups in total. The molecule has 30 heavy (non-hydrogen) atoms. The molecule has 0 atom stereocenters. The number of benzene rings is 2. The molecule has 7 nitrogen and oxygen atoms in total. The van der Waals surface area contributed by atoms with Gasteiger partial charge in [-0.1, -0.05) is 18.2 Å². The molecule has 0 bridgehead atoms. The highest BCUT2D eigenvalue weighted by Gasteiger charge is 2.29. The van der Waals surface area contributed by atoms with Crippen LogP contribution in [0.1, 0.15) is 30.4 Å². The fourth-order valence-corrected chi connectivity index (χ4v) is 3.36. The van der Waals surface area contributed by atoms with E-state index in [2.05, 4.69) is 15.6 Å². The van der Waals surface area contributed by atoms with Gasteiger partial charge in [0.2, 0.25) is 11.8 Å². The lowest BCUT2D eigenvalue weighted by atomic mass is 10.1. The predicted molar refractivity (Wildman–Crippen MR) is 117 cm³/mol. The van der Waals surface area contributed by atoms with Crippen molar-refractivity contribution in [2.75, 3.05) is 10.6 Å².